The number of phosphoric acid groups is 1. The number of hydrogen-bond donors (Lipinski definition) is 0. The molecule has 0 spiro atoms. The van der Waals surface area contributed by atoms with E-state index in [0.717, 1.165) is 0 Å². The van der Waals surface area contributed by atoms with E-state index < -0.39 is 103 Å². The van der Waals surface area contributed by atoms with Crippen LogP contribution in [0.25, 0.3) is 0 Å². The van der Waals surface area contributed by atoms with Gasteiger partial charge in [0.15, 0.2) is 58.2 Å². The van der Waals surface area contributed by atoms with Crippen molar-refractivity contribution in [1.82, 2.24) is 0 Å². The Morgan fingerprint density at radius 1 is 0.318 bits per heavy atom. The molecule has 1 saturated carbocycles. The Labute approximate surface area is 278 Å². The van der Waals surface area contributed by atoms with Crippen molar-refractivity contribution in [2.24, 2.45) is 0 Å². The van der Waals surface area contributed by atoms with E-state index in [0.29, 0.717) is 0 Å². The molecule has 0 aromatic heterocycles. The highest BCUT2D eigenvalue weighted by atomic mass is 31.2. The summed E-state index contributed by atoms with van der Waals surface area (Å²) in [6.07, 6.45) is -3.63. The van der Waals surface area contributed by atoms with E-state index in [1.165, 1.54) is 0 Å². The van der Waals surface area contributed by atoms with E-state index >= 15 is 0 Å². The summed E-state index contributed by atoms with van der Waals surface area (Å²) in [5, 5.41) is 0. The van der Waals surface area contributed by atoms with Crippen LogP contribution in [0.2, 0.25) is 137 Å². The molecule has 2 unspecified atom stereocenters. The predicted molar refractivity (Wildman–Crippen MR) is 202 cm³/mol. The van der Waals surface area contributed by atoms with Gasteiger partial charge in [-0.2, -0.15) is 0 Å². The SMILES string of the molecule is C[Si](C)(C)OC1[C@@H](O[Si](C)(C)C)[C@H](O[Si](C)(C)C)C(OP(=O)(O[Si](C)(C)C)O[Si](C)(C)C)[C@@H](O[Si](C)(C)C)[C@H]1O[Si](C)(C)C. The minimum absolute atomic E-state index is 0.460. The lowest BCUT2D eigenvalue weighted by atomic mass is 9.85. The molecule has 6 atom stereocenters. The van der Waals surface area contributed by atoms with Crippen molar-refractivity contribution >= 4 is 66.0 Å². The van der Waals surface area contributed by atoms with Crippen LogP contribution in [0.3, 0.4) is 0 Å². The zero-order chi connectivity index (χ0) is 35.1. The van der Waals surface area contributed by atoms with Crippen molar-refractivity contribution in [3.05, 3.63) is 0 Å². The largest absolute Gasteiger partial charge is 0.455 e. The Bertz CT molecular complexity index is 908. The Balaban J connectivity index is 4.21. The summed E-state index contributed by atoms with van der Waals surface area (Å²) in [5.41, 5.74) is 0. The summed E-state index contributed by atoms with van der Waals surface area (Å²) < 4.78 is 69.6. The van der Waals surface area contributed by atoms with E-state index in [1.54, 1.807) is 0 Å². The first-order valence-corrected chi connectivity index (χ1v) is 41.4. The van der Waals surface area contributed by atoms with Gasteiger partial charge in [0.1, 0.15) is 36.6 Å². The van der Waals surface area contributed by atoms with Gasteiger partial charge >= 0.3 is 7.82 Å². The highest BCUT2D eigenvalue weighted by Crippen LogP contribution is 2.57. The summed E-state index contributed by atoms with van der Waals surface area (Å²) in [6.45, 7) is 44.5. The molecule has 1 fully saturated rings. The van der Waals surface area contributed by atoms with Gasteiger partial charge in [0.2, 0.25) is 0 Å². The first-order valence-electron chi connectivity index (χ1n) is 16.1. The molecule has 0 N–H and O–H groups in total. The molecule has 44 heavy (non-hydrogen) atoms. The van der Waals surface area contributed by atoms with Crippen LogP contribution in [-0.2, 0) is 39.6 Å². The van der Waals surface area contributed by atoms with E-state index in [9.17, 15) is 4.57 Å². The first kappa shape index (κ1) is 43.5. The van der Waals surface area contributed by atoms with Crippen LogP contribution in [0.5, 0.6) is 0 Å². The lowest BCUT2D eigenvalue weighted by Gasteiger charge is -2.55. The topological polar surface area (TPSA) is 90.9 Å². The molecule has 1 aliphatic carbocycles. The summed E-state index contributed by atoms with van der Waals surface area (Å²) in [6, 6.07) is 0. The van der Waals surface area contributed by atoms with Gasteiger partial charge in [-0.25, -0.2) is 4.57 Å². The fraction of sp³-hybridized carbons (Fsp3) is 1.00. The Kier molecular flexibility index (Phi) is 14.5. The molecule has 9 nitrogen and oxygen atoms in total. The van der Waals surface area contributed by atoms with Gasteiger partial charge in [-0.15, -0.1) is 0 Å². The second-order valence-corrected chi connectivity index (χ2v) is 52.2. The summed E-state index contributed by atoms with van der Waals surface area (Å²) in [7, 11) is -19.8. The van der Waals surface area contributed by atoms with Crippen LogP contribution in [0.1, 0.15) is 0 Å². The van der Waals surface area contributed by atoms with Gasteiger partial charge in [-0.05, 0) is 137 Å². The van der Waals surface area contributed by atoms with Crippen LogP contribution in [0, 0.1) is 0 Å². The van der Waals surface area contributed by atoms with E-state index in [2.05, 4.69) is 98.2 Å². The van der Waals surface area contributed by atoms with Gasteiger partial charge in [0.25, 0.3) is 0 Å². The van der Waals surface area contributed by atoms with Crippen molar-refractivity contribution in [3.63, 3.8) is 0 Å². The molecule has 264 valence electrons. The molecule has 0 heterocycles. The normalized spacial score (nSPS) is 27.1. The van der Waals surface area contributed by atoms with Gasteiger partial charge < -0.3 is 30.6 Å². The molecule has 0 aliphatic heterocycles. The maximum atomic E-state index is 14.9. The second-order valence-electron chi connectivity index (χ2n) is 18.9. The third kappa shape index (κ3) is 17.2. The molecular formula is C27H69O9PSi7. The maximum absolute atomic E-state index is 14.9. The standard InChI is InChI=1S/C27H69O9PSi7/c1-38(2,3)30-23-22(29-37(28,35-43(16,17)18)36-44(19,20)21)24(31-39(4,5)6)26(33-41(10,11)12)27(34-42(13,14)15)25(23)32-40(7,8)9/h22-27H,1-21H3/t22?,23-,24-,25-,26+,27?/m1/s1. The van der Waals surface area contributed by atoms with E-state index in [4.69, 9.17) is 35.1 Å². The Morgan fingerprint density at radius 2 is 0.500 bits per heavy atom. The molecule has 0 aromatic carbocycles. The minimum Gasteiger partial charge on any atom is -0.409 e. The summed E-state index contributed by atoms with van der Waals surface area (Å²) >= 11 is 0. The fourth-order valence-electron chi connectivity index (χ4n) is 4.84. The zero-order valence-corrected chi connectivity index (χ0v) is 40.0. The highest BCUT2D eigenvalue weighted by molar-refractivity contribution is 7.52. The third-order valence-corrected chi connectivity index (χ3v) is 17.0. The smallest absolute Gasteiger partial charge is 0.409 e. The van der Waals surface area contributed by atoms with Crippen molar-refractivity contribution < 1.29 is 39.6 Å². The number of hydrogen-bond acceptors (Lipinski definition) is 9. The van der Waals surface area contributed by atoms with Gasteiger partial charge in [0, 0.05) is 0 Å². The lowest BCUT2D eigenvalue weighted by Crippen LogP contribution is -2.72. The third-order valence-electron chi connectivity index (χ3n) is 5.41. The average molecular weight is 765 g/mol. The van der Waals surface area contributed by atoms with Crippen LogP contribution < -0.4 is 0 Å². The minimum atomic E-state index is -4.08. The van der Waals surface area contributed by atoms with Crippen LogP contribution in [0.4, 0.5) is 0 Å². The average Bonchev–Trinajstić information content (AvgIpc) is 2.62. The lowest BCUT2D eigenvalue weighted by molar-refractivity contribution is -0.196. The van der Waals surface area contributed by atoms with E-state index in [-0.39, 0.29) is 0 Å². The monoisotopic (exact) mass is 764 g/mol. The van der Waals surface area contributed by atoms with E-state index in [1.807, 2.05) is 39.3 Å². The first-order chi connectivity index (χ1) is 19.0. The Morgan fingerprint density at radius 3 is 0.659 bits per heavy atom. The van der Waals surface area contributed by atoms with Crippen LogP contribution in [-0.4, -0.2) is 94.8 Å². The molecule has 0 bridgehead atoms. The summed E-state index contributed by atoms with van der Waals surface area (Å²) in [5.74, 6) is 0. The van der Waals surface area contributed by atoms with Crippen LogP contribution >= 0.6 is 7.82 Å². The van der Waals surface area contributed by atoms with Gasteiger partial charge in [0.05, 0.1) is 0 Å². The second kappa shape index (κ2) is 14.7. The summed E-state index contributed by atoms with van der Waals surface area (Å²) in [4.78, 5) is 0. The van der Waals surface area contributed by atoms with Gasteiger partial charge in [-0.1, -0.05) is 0 Å². The molecule has 0 saturated heterocycles. The predicted octanol–water partition coefficient (Wildman–Crippen LogP) is 9.30. The molecular weight excluding hydrogens is 696 g/mol. The quantitative estimate of drug-likeness (QED) is 0.113. The van der Waals surface area contributed by atoms with Crippen molar-refractivity contribution in [1.29, 1.82) is 0 Å². The highest BCUT2D eigenvalue weighted by Gasteiger charge is 2.60. The van der Waals surface area contributed by atoms with Crippen LogP contribution in [0.15, 0.2) is 0 Å². The molecule has 0 aromatic rings. The molecule has 0 radical (unpaired) electrons. The van der Waals surface area contributed by atoms with Gasteiger partial charge in [-0.3, -0.25) is 4.52 Å². The fourth-order valence-corrected chi connectivity index (χ4v) is 17.0. The molecule has 1 aliphatic rings. The maximum Gasteiger partial charge on any atom is 0.455 e. The molecule has 0 amide bonds. The number of rotatable bonds is 16. The molecule has 1 rings (SSSR count). The molecule has 17 heteroatoms. The zero-order valence-electron chi connectivity index (χ0n) is 32.1. The van der Waals surface area contributed by atoms with Crippen molar-refractivity contribution in [2.45, 2.75) is 174 Å². The van der Waals surface area contributed by atoms with Crippen molar-refractivity contribution in [3.8, 4) is 0 Å². The Hall–Kier alpha value is 1.43. The van der Waals surface area contributed by atoms with Crippen molar-refractivity contribution in [2.75, 3.05) is 0 Å².